The van der Waals surface area contributed by atoms with Crippen molar-refractivity contribution in [2.24, 2.45) is 0 Å². The number of H-pyrrole nitrogens is 1. The van der Waals surface area contributed by atoms with Crippen molar-refractivity contribution in [3.8, 4) is 11.5 Å². The fraction of sp³-hybridized carbons (Fsp3) is 0.410. The van der Waals surface area contributed by atoms with Gasteiger partial charge in [-0.05, 0) is 73.7 Å². The Morgan fingerprint density at radius 3 is 2.58 bits per heavy atom. The van der Waals surface area contributed by atoms with Crippen LogP contribution in [0.15, 0.2) is 60.7 Å². The molecule has 2 saturated heterocycles. The molecule has 3 aliphatic heterocycles. The van der Waals surface area contributed by atoms with Gasteiger partial charge in [0.2, 0.25) is 11.8 Å². The molecule has 4 bridgehead atoms. The summed E-state index contributed by atoms with van der Waals surface area (Å²) < 4.78 is 27.4. The summed E-state index contributed by atoms with van der Waals surface area (Å²) in [6.07, 6.45) is 3.47. The molecule has 1 aromatic heterocycles. The lowest BCUT2D eigenvalue weighted by Gasteiger charge is -2.27. The van der Waals surface area contributed by atoms with Gasteiger partial charge in [-0.1, -0.05) is 19.1 Å². The SMILES string of the molecule is CCCN1CC(=O)N[C@@H]2CN(C(=O)CCc3nc4ccccc4[nH]3)C[C@H]2OCc2cc(F)cc(c2)Oc2cc(C(=O)N3CCCCC3)cc(c2)C1=O. The maximum Gasteiger partial charge on any atom is 0.254 e. The maximum atomic E-state index is 15.0. The number of rotatable bonds is 6. The minimum Gasteiger partial charge on any atom is -0.457 e. The highest BCUT2D eigenvalue weighted by molar-refractivity contribution is 6.01. The zero-order valence-electron chi connectivity index (χ0n) is 29.2. The Morgan fingerprint density at radius 1 is 0.962 bits per heavy atom. The summed E-state index contributed by atoms with van der Waals surface area (Å²) in [7, 11) is 0. The summed E-state index contributed by atoms with van der Waals surface area (Å²) >= 11 is 0. The number of benzene rings is 3. The van der Waals surface area contributed by atoms with Crippen molar-refractivity contribution in [3.63, 3.8) is 0 Å². The Labute approximate surface area is 301 Å². The lowest BCUT2D eigenvalue weighted by atomic mass is 10.1. The Balaban J connectivity index is 1.14. The third kappa shape index (κ3) is 8.09. The molecule has 7 rings (SSSR count). The molecular weight excluding hydrogens is 667 g/mol. The molecule has 2 atom stereocenters. The van der Waals surface area contributed by atoms with Crippen LogP contribution in [0.4, 0.5) is 4.39 Å². The molecule has 4 heterocycles. The van der Waals surface area contributed by atoms with Crippen LogP contribution in [0.1, 0.15) is 71.1 Å². The summed E-state index contributed by atoms with van der Waals surface area (Å²) in [5.41, 5.74) is 2.68. The zero-order chi connectivity index (χ0) is 36.2. The van der Waals surface area contributed by atoms with Crippen molar-refractivity contribution in [1.82, 2.24) is 30.0 Å². The highest BCUT2D eigenvalue weighted by Gasteiger charge is 2.37. The molecule has 0 saturated carbocycles. The fourth-order valence-electron chi connectivity index (χ4n) is 7.21. The highest BCUT2D eigenvalue weighted by atomic mass is 19.1. The number of imidazole rings is 1. The molecule has 3 aromatic carbocycles. The summed E-state index contributed by atoms with van der Waals surface area (Å²) in [4.78, 5) is 67.4. The van der Waals surface area contributed by atoms with E-state index in [0.29, 0.717) is 37.3 Å². The number of carbonyl (C=O) groups is 4. The van der Waals surface area contributed by atoms with Crippen molar-refractivity contribution in [2.45, 2.75) is 64.2 Å². The number of halogens is 1. The van der Waals surface area contributed by atoms with E-state index in [-0.39, 0.29) is 73.6 Å². The second-order valence-corrected chi connectivity index (χ2v) is 13.7. The molecule has 4 amide bonds. The van der Waals surface area contributed by atoms with Crippen LogP contribution in [0.5, 0.6) is 11.5 Å². The molecule has 2 N–H and O–H groups in total. The molecule has 2 fully saturated rings. The molecular formula is C39H43FN6O6. The second kappa shape index (κ2) is 15.5. The van der Waals surface area contributed by atoms with E-state index in [1.54, 1.807) is 28.0 Å². The van der Waals surface area contributed by atoms with Crippen molar-refractivity contribution in [3.05, 3.63) is 89.0 Å². The van der Waals surface area contributed by atoms with E-state index in [1.807, 2.05) is 31.2 Å². The number of aromatic nitrogens is 2. The number of nitrogens with one attached hydrogen (secondary N) is 2. The molecule has 52 heavy (non-hydrogen) atoms. The van der Waals surface area contributed by atoms with E-state index >= 15 is 0 Å². The highest BCUT2D eigenvalue weighted by Crippen LogP contribution is 2.29. The topological polar surface area (TPSA) is 137 Å². The number of carbonyl (C=O) groups excluding carboxylic acids is 4. The van der Waals surface area contributed by atoms with Crippen LogP contribution in [0.3, 0.4) is 0 Å². The molecule has 13 heteroatoms. The summed E-state index contributed by atoms with van der Waals surface area (Å²) in [5.74, 6) is -0.651. The summed E-state index contributed by atoms with van der Waals surface area (Å²) in [6, 6.07) is 15.9. The third-order valence-corrected chi connectivity index (χ3v) is 9.77. The second-order valence-electron chi connectivity index (χ2n) is 13.7. The molecule has 0 aliphatic carbocycles. The first kappa shape index (κ1) is 35.1. The summed E-state index contributed by atoms with van der Waals surface area (Å²) in [5, 5.41) is 3.01. The average Bonchev–Trinajstić information content (AvgIpc) is 3.75. The van der Waals surface area contributed by atoms with Gasteiger partial charge in [0.25, 0.3) is 11.8 Å². The number of likely N-dealkylation sites (tertiary alicyclic amines) is 2. The smallest absolute Gasteiger partial charge is 0.254 e. The van der Waals surface area contributed by atoms with Crippen LogP contribution in [-0.2, 0) is 27.4 Å². The van der Waals surface area contributed by atoms with Gasteiger partial charge in [-0.2, -0.15) is 0 Å². The van der Waals surface area contributed by atoms with Gasteiger partial charge < -0.3 is 34.5 Å². The minimum absolute atomic E-state index is 0.00858. The third-order valence-electron chi connectivity index (χ3n) is 9.77. The van der Waals surface area contributed by atoms with Crippen molar-refractivity contribution < 1.29 is 33.0 Å². The normalized spacial score (nSPS) is 19.7. The van der Waals surface area contributed by atoms with Crippen molar-refractivity contribution in [1.29, 1.82) is 0 Å². The van der Waals surface area contributed by atoms with Gasteiger partial charge in [0, 0.05) is 62.8 Å². The van der Waals surface area contributed by atoms with E-state index in [0.717, 1.165) is 30.3 Å². The van der Waals surface area contributed by atoms with E-state index in [2.05, 4.69) is 15.3 Å². The molecule has 0 unspecified atom stereocenters. The van der Waals surface area contributed by atoms with E-state index in [1.165, 1.54) is 23.1 Å². The van der Waals surface area contributed by atoms with Gasteiger partial charge in [0.05, 0.1) is 36.3 Å². The van der Waals surface area contributed by atoms with Crippen molar-refractivity contribution in [2.75, 3.05) is 39.3 Å². The predicted molar refractivity (Wildman–Crippen MR) is 190 cm³/mol. The Morgan fingerprint density at radius 2 is 1.77 bits per heavy atom. The van der Waals surface area contributed by atoms with Gasteiger partial charge >= 0.3 is 0 Å². The van der Waals surface area contributed by atoms with Crippen LogP contribution in [0, 0.1) is 5.82 Å². The Hall–Kier alpha value is -5.30. The minimum atomic E-state index is -0.592. The average molecular weight is 711 g/mol. The molecule has 12 nitrogen and oxygen atoms in total. The predicted octanol–water partition coefficient (Wildman–Crippen LogP) is 4.83. The number of hydrogen-bond acceptors (Lipinski definition) is 7. The van der Waals surface area contributed by atoms with Crippen LogP contribution in [0.25, 0.3) is 11.0 Å². The van der Waals surface area contributed by atoms with Gasteiger partial charge in [0.15, 0.2) is 0 Å². The number of aromatic amines is 1. The Kier molecular flexibility index (Phi) is 10.5. The van der Waals surface area contributed by atoms with Gasteiger partial charge in [-0.25, -0.2) is 9.37 Å². The van der Waals surface area contributed by atoms with Gasteiger partial charge in [-0.3, -0.25) is 19.2 Å². The fourth-order valence-corrected chi connectivity index (χ4v) is 7.21. The molecule has 3 aliphatic rings. The Bertz CT molecular complexity index is 1940. The van der Waals surface area contributed by atoms with E-state index in [9.17, 15) is 23.6 Å². The lowest BCUT2D eigenvalue weighted by Crippen LogP contribution is -2.49. The van der Waals surface area contributed by atoms with Gasteiger partial charge in [-0.15, -0.1) is 0 Å². The number of aryl methyl sites for hydroxylation is 1. The first-order chi connectivity index (χ1) is 25.2. The number of hydrogen-bond donors (Lipinski definition) is 2. The molecule has 4 aromatic rings. The van der Waals surface area contributed by atoms with Crippen LogP contribution >= 0.6 is 0 Å². The van der Waals surface area contributed by atoms with Crippen molar-refractivity contribution >= 4 is 34.7 Å². The number of para-hydroxylation sites is 2. The molecule has 272 valence electrons. The monoisotopic (exact) mass is 710 g/mol. The number of nitrogens with zero attached hydrogens (tertiary/aromatic N) is 4. The van der Waals surface area contributed by atoms with Crippen LogP contribution < -0.4 is 10.1 Å². The lowest BCUT2D eigenvalue weighted by molar-refractivity contribution is -0.131. The summed E-state index contributed by atoms with van der Waals surface area (Å²) in [6.45, 7) is 3.62. The van der Waals surface area contributed by atoms with Crippen LogP contribution in [-0.4, -0.2) is 99.7 Å². The van der Waals surface area contributed by atoms with Crippen LogP contribution in [0.2, 0.25) is 0 Å². The number of fused-ring (bicyclic) bond motifs is 6. The van der Waals surface area contributed by atoms with Gasteiger partial charge in [0.1, 0.15) is 23.1 Å². The number of piperidine rings is 1. The maximum absolute atomic E-state index is 15.0. The quantitative estimate of drug-likeness (QED) is 0.293. The first-order valence-corrected chi connectivity index (χ1v) is 18.1. The van der Waals surface area contributed by atoms with E-state index in [4.69, 9.17) is 9.47 Å². The number of amides is 4. The zero-order valence-corrected chi connectivity index (χ0v) is 29.2. The van der Waals surface area contributed by atoms with E-state index < -0.39 is 29.8 Å². The number of ether oxygens (including phenoxy) is 2. The standard InChI is InChI=1S/C39H43FN6O6/c1-2-12-45-23-36(47)43-33-21-46(37(48)11-10-35-41-31-8-4-5-9-32(31)42-35)22-34(33)51-24-25-15-28(40)20-29(16-25)52-30-18-26(17-27(19-30)39(45)50)38(49)44-13-6-3-7-14-44/h4-5,8-9,15-20,33-34H,2-3,6-7,10-14,21-24H2,1H3,(H,41,42)(H,43,47)/t33-,34-/m1/s1. The first-order valence-electron chi connectivity index (χ1n) is 18.1. The molecule has 0 spiro atoms. The molecule has 0 radical (unpaired) electrons. The largest absolute Gasteiger partial charge is 0.457 e.